The van der Waals surface area contributed by atoms with Crippen LogP contribution in [0.3, 0.4) is 0 Å². The summed E-state index contributed by atoms with van der Waals surface area (Å²) in [6, 6.07) is 0. The zero-order valence-corrected chi connectivity index (χ0v) is 22.1. The smallest absolute Gasteiger partial charge is 0.184 e. The molecule has 4 saturated carbocycles. The molecule has 6 rings (SSSR count). The molecule has 6 heteroatoms. The first-order chi connectivity index (χ1) is 15.5. The van der Waals surface area contributed by atoms with Gasteiger partial charge in [-0.3, -0.25) is 4.79 Å². The Balaban J connectivity index is 1.34. The summed E-state index contributed by atoms with van der Waals surface area (Å²) < 4.78 is 13.3. The molecule has 0 amide bonds. The first kappa shape index (κ1) is 23.4. The monoisotopic (exact) mass is 524 g/mol. The van der Waals surface area contributed by atoms with Crippen LogP contribution in [0.4, 0.5) is 0 Å². The van der Waals surface area contributed by atoms with E-state index in [1.165, 1.54) is 0 Å². The lowest BCUT2D eigenvalue weighted by molar-refractivity contribution is -0.268. The molecule has 1 spiro atoms. The molecule has 6 aliphatic rings. The van der Waals surface area contributed by atoms with Crippen LogP contribution in [-0.2, 0) is 14.3 Å². The Morgan fingerprint density at radius 1 is 1.06 bits per heavy atom. The van der Waals surface area contributed by atoms with Crippen LogP contribution in [0, 0.1) is 52.3 Å². The molecule has 2 heterocycles. The van der Waals surface area contributed by atoms with Crippen molar-refractivity contribution in [3.05, 3.63) is 0 Å². The fourth-order valence-electron chi connectivity index (χ4n) is 10.1. The van der Waals surface area contributed by atoms with Gasteiger partial charge in [0, 0.05) is 23.2 Å². The van der Waals surface area contributed by atoms with Gasteiger partial charge in [-0.2, -0.15) is 0 Å². The van der Waals surface area contributed by atoms with E-state index in [0.717, 1.165) is 44.9 Å². The SMILES string of the molecule is C[C@@H]1CO[C@]2(O[C@@H]3C[C@@H]4[C@@H]5CC[C@H]6C[C@H](O)CC[C@]6(C)[C@@H]5C(=O)[C@H](O)[C@]4(C)[C@@H]3[C@@H]2C)[C@H](Br)C1. The normalized spacial score (nSPS) is 62.5. The number of Topliss-reactive ketones (excluding diaryl/α,β-unsaturated/α-hetero) is 1. The lowest BCUT2D eigenvalue weighted by atomic mass is 9.43. The quantitative estimate of drug-likeness (QED) is 0.461. The highest BCUT2D eigenvalue weighted by Crippen LogP contribution is 2.70. The summed E-state index contributed by atoms with van der Waals surface area (Å²) in [5.74, 6) is 1.05. The highest BCUT2D eigenvalue weighted by Gasteiger charge is 2.74. The Hall–Kier alpha value is -0.0100. The molecule has 0 unspecified atom stereocenters. The minimum Gasteiger partial charge on any atom is -0.393 e. The van der Waals surface area contributed by atoms with Gasteiger partial charge in [-0.15, -0.1) is 0 Å². The maximum Gasteiger partial charge on any atom is 0.184 e. The Morgan fingerprint density at radius 2 is 1.82 bits per heavy atom. The van der Waals surface area contributed by atoms with Crippen molar-refractivity contribution in [2.45, 2.75) is 102 Å². The van der Waals surface area contributed by atoms with Gasteiger partial charge in [-0.05, 0) is 74.0 Å². The van der Waals surface area contributed by atoms with E-state index in [2.05, 4.69) is 43.6 Å². The van der Waals surface area contributed by atoms with Crippen molar-refractivity contribution in [2.75, 3.05) is 6.61 Å². The summed E-state index contributed by atoms with van der Waals surface area (Å²) in [6.07, 6.45) is 5.38. The molecule has 0 bridgehead atoms. The highest BCUT2D eigenvalue weighted by molar-refractivity contribution is 9.09. The number of alkyl halides is 1. The molecule has 0 radical (unpaired) electrons. The molecule has 33 heavy (non-hydrogen) atoms. The Kier molecular flexibility index (Phi) is 5.32. The Morgan fingerprint density at radius 3 is 2.55 bits per heavy atom. The van der Waals surface area contributed by atoms with Gasteiger partial charge >= 0.3 is 0 Å². The fourth-order valence-corrected chi connectivity index (χ4v) is 11.4. The number of aliphatic hydroxyl groups excluding tert-OH is 2. The van der Waals surface area contributed by atoms with Crippen molar-refractivity contribution in [3.8, 4) is 0 Å². The van der Waals surface area contributed by atoms with Crippen molar-refractivity contribution in [1.82, 2.24) is 0 Å². The van der Waals surface area contributed by atoms with Gasteiger partial charge in [0.1, 0.15) is 6.10 Å². The standard InChI is InChI=1S/C27H41BrO5/c1-13-9-20(28)27(32-12-13)14(2)21-19(33-27)11-18-17-6-5-15-10-16(29)7-8-25(15,3)22(17)23(30)24(31)26(18,21)4/h13-22,24,29,31H,5-12H2,1-4H3/t13-,14-,15-,16+,17-,18+,19+,20+,21+,22-,24-,25-,26-,27+/m0/s1. The molecule has 0 aromatic carbocycles. The van der Waals surface area contributed by atoms with Crippen LogP contribution in [0.25, 0.3) is 0 Å². The third-order valence-electron chi connectivity index (χ3n) is 11.7. The van der Waals surface area contributed by atoms with Gasteiger partial charge in [0.2, 0.25) is 0 Å². The first-order valence-corrected chi connectivity index (χ1v) is 14.3. The number of hydrogen-bond donors (Lipinski definition) is 2. The average molecular weight is 526 g/mol. The van der Waals surface area contributed by atoms with Gasteiger partial charge in [0.05, 0.1) is 23.6 Å². The van der Waals surface area contributed by atoms with E-state index < -0.39 is 17.3 Å². The number of halogens is 1. The summed E-state index contributed by atoms with van der Waals surface area (Å²) in [7, 11) is 0. The summed E-state index contributed by atoms with van der Waals surface area (Å²) in [4.78, 5) is 14.2. The number of aliphatic hydroxyl groups is 2. The number of hydrogen-bond acceptors (Lipinski definition) is 5. The number of ether oxygens (including phenoxy) is 2. The van der Waals surface area contributed by atoms with Gasteiger partial charge in [-0.25, -0.2) is 0 Å². The summed E-state index contributed by atoms with van der Waals surface area (Å²) >= 11 is 3.90. The summed E-state index contributed by atoms with van der Waals surface area (Å²) in [6.45, 7) is 9.61. The molecule has 0 aromatic rings. The molecule has 2 saturated heterocycles. The molecule has 5 nitrogen and oxygen atoms in total. The highest BCUT2D eigenvalue weighted by atomic mass is 79.9. The van der Waals surface area contributed by atoms with Gasteiger partial charge in [0.15, 0.2) is 11.6 Å². The number of carbonyl (C=O) groups is 1. The topological polar surface area (TPSA) is 76.0 Å². The first-order valence-electron chi connectivity index (χ1n) is 13.4. The van der Waals surface area contributed by atoms with E-state index >= 15 is 0 Å². The van der Waals surface area contributed by atoms with Crippen LogP contribution in [0.2, 0.25) is 0 Å². The third kappa shape index (κ3) is 2.88. The molecular formula is C27H41BrO5. The van der Waals surface area contributed by atoms with E-state index in [9.17, 15) is 15.0 Å². The Bertz CT molecular complexity index is 835. The largest absolute Gasteiger partial charge is 0.393 e. The van der Waals surface area contributed by atoms with E-state index in [0.29, 0.717) is 30.3 Å². The van der Waals surface area contributed by atoms with Crippen LogP contribution in [0.1, 0.15) is 72.6 Å². The summed E-state index contributed by atoms with van der Waals surface area (Å²) in [5, 5.41) is 22.1. The predicted molar refractivity (Wildman–Crippen MR) is 128 cm³/mol. The molecule has 14 atom stereocenters. The van der Waals surface area contributed by atoms with E-state index in [1.807, 2.05) is 0 Å². The van der Waals surface area contributed by atoms with Crippen LogP contribution in [0.15, 0.2) is 0 Å². The number of fused-ring (bicyclic) bond motifs is 7. The van der Waals surface area contributed by atoms with Gasteiger partial charge in [-0.1, -0.05) is 43.6 Å². The van der Waals surface area contributed by atoms with Crippen LogP contribution in [0.5, 0.6) is 0 Å². The molecule has 4 aliphatic carbocycles. The molecule has 0 aromatic heterocycles. The molecule has 2 aliphatic heterocycles. The van der Waals surface area contributed by atoms with Crippen LogP contribution < -0.4 is 0 Å². The van der Waals surface area contributed by atoms with Gasteiger partial charge in [0.25, 0.3) is 0 Å². The summed E-state index contributed by atoms with van der Waals surface area (Å²) in [5.41, 5.74) is -0.571. The minimum atomic E-state index is -0.946. The molecular weight excluding hydrogens is 484 g/mol. The lowest BCUT2D eigenvalue weighted by Crippen LogP contribution is -2.64. The Labute approximate surface area is 206 Å². The van der Waals surface area contributed by atoms with Crippen molar-refractivity contribution >= 4 is 21.7 Å². The fraction of sp³-hybridized carbons (Fsp3) is 0.963. The van der Waals surface area contributed by atoms with Crippen molar-refractivity contribution in [2.24, 2.45) is 52.3 Å². The van der Waals surface area contributed by atoms with E-state index in [-0.39, 0.29) is 46.0 Å². The van der Waals surface area contributed by atoms with Gasteiger partial charge < -0.3 is 19.7 Å². The number of ketones is 1. The van der Waals surface area contributed by atoms with Crippen molar-refractivity contribution < 1.29 is 24.5 Å². The zero-order chi connectivity index (χ0) is 23.5. The molecule has 186 valence electrons. The van der Waals surface area contributed by atoms with Crippen molar-refractivity contribution in [1.29, 1.82) is 0 Å². The average Bonchev–Trinajstić information content (AvgIpc) is 3.22. The molecule has 2 N–H and O–H groups in total. The number of carbonyl (C=O) groups excluding carboxylic acids is 1. The van der Waals surface area contributed by atoms with Crippen LogP contribution in [-0.4, -0.2) is 51.5 Å². The maximum atomic E-state index is 14.0. The third-order valence-corrected chi connectivity index (χ3v) is 12.7. The second-order valence-corrected chi connectivity index (χ2v) is 14.3. The van der Waals surface area contributed by atoms with Crippen molar-refractivity contribution in [3.63, 3.8) is 0 Å². The molecule has 6 fully saturated rings. The zero-order valence-electron chi connectivity index (χ0n) is 20.5. The van der Waals surface area contributed by atoms with E-state index in [1.54, 1.807) is 0 Å². The second-order valence-electron chi connectivity index (χ2n) is 13.2. The predicted octanol–water partition coefficient (Wildman–Crippen LogP) is 4.32. The van der Waals surface area contributed by atoms with Crippen LogP contribution >= 0.6 is 15.9 Å². The number of rotatable bonds is 0. The second kappa shape index (κ2) is 7.50. The van der Waals surface area contributed by atoms with E-state index in [4.69, 9.17) is 9.47 Å². The maximum absolute atomic E-state index is 14.0. The minimum absolute atomic E-state index is 0.0309. The lowest BCUT2D eigenvalue weighted by Gasteiger charge is -2.61.